The van der Waals surface area contributed by atoms with Crippen LogP contribution in [0.5, 0.6) is 11.5 Å². The summed E-state index contributed by atoms with van der Waals surface area (Å²) in [6.07, 6.45) is 1.95. The van der Waals surface area contributed by atoms with Crippen molar-refractivity contribution in [3.05, 3.63) is 40.6 Å². The summed E-state index contributed by atoms with van der Waals surface area (Å²) in [6.45, 7) is 4.73. The highest BCUT2D eigenvalue weighted by Gasteiger charge is 2.21. The molecule has 4 rings (SSSR count). The van der Waals surface area contributed by atoms with Gasteiger partial charge in [0.2, 0.25) is 0 Å². The molecule has 0 atom stereocenters. The standard InChI is InChI=1S/C19H18N2O4S2/c1-10-4-5-13(25-10)19-20-11(2)17(27-19)18(22)21-12-8-14-15(9-16(12)26-3)24-7-6-23-14/h4-5,8-9H,6-7H2,1-3H3,(H,21,22). The number of ether oxygens (including phenoxy) is 2. The summed E-state index contributed by atoms with van der Waals surface area (Å²) >= 11 is 2.85. The summed E-state index contributed by atoms with van der Waals surface area (Å²) in [5, 5.41) is 3.68. The van der Waals surface area contributed by atoms with Crippen molar-refractivity contribution in [1.29, 1.82) is 0 Å². The number of aryl methyl sites for hydroxylation is 2. The number of amides is 1. The molecule has 3 heterocycles. The minimum absolute atomic E-state index is 0.202. The molecule has 1 amide bonds. The van der Waals surface area contributed by atoms with Crippen LogP contribution in [0.1, 0.15) is 21.1 Å². The highest BCUT2D eigenvalue weighted by Crippen LogP contribution is 2.39. The molecule has 2 aromatic heterocycles. The van der Waals surface area contributed by atoms with Gasteiger partial charge in [-0.05, 0) is 38.3 Å². The smallest absolute Gasteiger partial charge is 0.267 e. The van der Waals surface area contributed by atoms with E-state index in [4.69, 9.17) is 13.9 Å². The number of hydrogen-bond donors (Lipinski definition) is 1. The number of thiazole rings is 1. The third-order valence-electron chi connectivity index (χ3n) is 4.07. The summed E-state index contributed by atoms with van der Waals surface area (Å²) < 4.78 is 16.9. The normalized spacial score (nSPS) is 12.9. The van der Waals surface area contributed by atoms with Crippen LogP contribution in [0, 0.1) is 13.8 Å². The first-order valence-corrected chi connectivity index (χ1v) is 10.4. The van der Waals surface area contributed by atoms with Gasteiger partial charge in [-0.3, -0.25) is 4.79 Å². The molecule has 0 bridgehead atoms. The zero-order valence-electron chi connectivity index (χ0n) is 15.1. The maximum atomic E-state index is 12.9. The van der Waals surface area contributed by atoms with Crippen molar-refractivity contribution < 1.29 is 18.7 Å². The van der Waals surface area contributed by atoms with Gasteiger partial charge in [-0.2, -0.15) is 0 Å². The predicted octanol–water partition coefficient (Wildman–Crippen LogP) is 4.77. The Balaban J connectivity index is 1.62. The summed E-state index contributed by atoms with van der Waals surface area (Å²) in [4.78, 5) is 18.8. The molecule has 1 aromatic carbocycles. The number of thioether (sulfide) groups is 1. The Bertz CT molecular complexity index is 1010. The topological polar surface area (TPSA) is 73.6 Å². The second kappa shape index (κ2) is 7.28. The van der Waals surface area contributed by atoms with Crippen LogP contribution in [-0.4, -0.2) is 30.4 Å². The second-order valence-corrected chi connectivity index (χ2v) is 7.84. The van der Waals surface area contributed by atoms with Crippen LogP contribution in [0.4, 0.5) is 5.69 Å². The van der Waals surface area contributed by atoms with E-state index in [9.17, 15) is 4.79 Å². The van der Waals surface area contributed by atoms with Crippen molar-refractivity contribution in [2.45, 2.75) is 18.7 Å². The fraction of sp³-hybridized carbons (Fsp3) is 0.263. The van der Waals surface area contributed by atoms with Gasteiger partial charge in [0.25, 0.3) is 5.91 Å². The third-order valence-corrected chi connectivity index (χ3v) is 6.01. The van der Waals surface area contributed by atoms with Crippen LogP contribution in [0.3, 0.4) is 0 Å². The third kappa shape index (κ3) is 3.54. The molecular weight excluding hydrogens is 384 g/mol. The number of carbonyl (C=O) groups excluding carboxylic acids is 1. The van der Waals surface area contributed by atoms with E-state index in [0.29, 0.717) is 51.7 Å². The number of rotatable bonds is 4. The van der Waals surface area contributed by atoms with Gasteiger partial charge in [0, 0.05) is 11.0 Å². The Morgan fingerprint density at radius 3 is 2.59 bits per heavy atom. The molecule has 0 fully saturated rings. The van der Waals surface area contributed by atoms with Crippen molar-refractivity contribution in [2.75, 3.05) is 24.8 Å². The Kier molecular flexibility index (Phi) is 4.84. The lowest BCUT2D eigenvalue weighted by Crippen LogP contribution is -2.17. The second-order valence-electron chi connectivity index (χ2n) is 5.99. The first-order chi connectivity index (χ1) is 13.0. The van der Waals surface area contributed by atoms with Gasteiger partial charge in [0.05, 0.1) is 11.4 Å². The van der Waals surface area contributed by atoms with Gasteiger partial charge in [-0.25, -0.2) is 4.98 Å². The van der Waals surface area contributed by atoms with E-state index >= 15 is 0 Å². The quantitative estimate of drug-likeness (QED) is 0.634. The van der Waals surface area contributed by atoms with Crippen LogP contribution < -0.4 is 14.8 Å². The number of furan rings is 1. The molecule has 0 aliphatic carbocycles. The van der Waals surface area contributed by atoms with Crippen LogP contribution in [0.15, 0.2) is 33.6 Å². The zero-order chi connectivity index (χ0) is 19.0. The molecule has 1 aliphatic rings. The van der Waals surface area contributed by atoms with Crippen molar-refractivity contribution in [3.8, 4) is 22.3 Å². The zero-order valence-corrected chi connectivity index (χ0v) is 16.8. The molecule has 0 saturated heterocycles. The van der Waals surface area contributed by atoms with Crippen LogP contribution in [0.2, 0.25) is 0 Å². The van der Waals surface area contributed by atoms with Gasteiger partial charge in [-0.15, -0.1) is 23.1 Å². The van der Waals surface area contributed by atoms with E-state index in [1.165, 1.54) is 23.1 Å². The number of benzene rings is 1. The van der Waals surface area contributed by atoms with Crippen LogP contribution in [-0.2, 0) is 0 Å². The van der Waals surface area contributed by atoms with Crippen molar-refractivity contribution in [2.24, 2.45) is 0 Å². The molecule has 0 unspecified atom stereocenters. The minimum Gasteiger partial charge on any atom is -0.486 e. The fourth-order valence-corrected chi connectivity index (χ4v) is 4.26. The lowest BCUT2D eigenvalue weighted by Gasteiger charge is -2.20. The Hall–Kier alpha value is -2.45. The predicted molar refractivity (Wildman–Crippen MR) is 106 cm³/mol. The van der Waals surface area contributed by atoms with Crippen molar-refractivity contribution in [3.63, 3.8) is 0 Å². The van der Waals surface area contributed by atoms with E-state index < -0.39 is 0 Å². The molecule has 0 radical (unpaired) electrons. The molecule has 0 saturated carbocycles. The minimum atomic E-state index is -0.202. The number of nitrogens with one attached hydrogen (secondary N) is 1. The van der Waals surface area contributed by atoms with Gasteiger partial charge >= 0.3 is 0 Å². The number of fused-ring (bicyclic) bond motifs is 1. The number of anilines is 1. The van der Waals surface area contributed by atoms with E-state index in [-0.39, 0.29) is 5.91 Å². The average Bonchev–Trinajstić information content (AvgIpc) is 3.26. The molecular formula is C19H18N2O4S2. The molecule has 0 spiro atoms. The van der Waals surface area contributed by atoms with E-state index in [2.05, 4.69) is 10.3 Å². The number of hydrogen-bond acceptors (Lipinski definition) is 7. The first kappa shape index (κ1) is 17.9. The molecule has 8 heteroatoms. The summed E-state index contributed by atoms with van der Waals surface area (Å²) in [7, 11) is 0. The molecule has 140 valence electrons. The van der Waals surface area contributed by atoms with Gasteiger partial charge < -0.3 is 19.2 Å². The van der Waals surface area contributed by atoms with Gasteiger partial charge in [0.1, 0.15) is 23.9 Å². The average molecular weight is 402 g/mol. The van der Waals surface area contributed by atoms with Crippen molar-refractivity contribution >= 4 is 34.7 Å². The van der Waals surface area contributed by atoms with E-state index in [0.717, 1.165) is 10.7 Å². The maximum absolute atomic E-state index is 12.9. The Morgan fingerprint density at radius 2 is 1.93 bits per heavy atom. The molecule has 1 N–H and O–H groups in total. The van der Waals surface area contributed by atoms with Gasteiger partial charge in [-0.1, -0.05) is 0 Å². The lowest BCUT2D eigenvalue weighted by atomic mass is 10.2. The van der Waals surface area contributed by atoms with Crippen LogP contribution >= 0.6 is 23.1 Å². The Morgan fingerprint density at radius 1 is 1.19 bits per heavy atom. The van der Waals surface area contributed by atoms with Crippen LogP contribution in [0.25, 0.3) is 10.8 Å². The Labute approximate surface area is 164 Å². The molecule has 3 aromatic rings. The van der Waals surface area contributed by atoms with E-state index in [1.807, 2.05) is 44.4 Å². The molecule has 1 aliphatic heterocycles. The summed E-state index contributed by atoms with van der Waals surface area (Å²) in [5.41, 5.74) is 1.37. The maximum Gasteiger partial charge on any atom is 0.267 e. The van der Waals surface area contributed by atoms with E-state index in [1.54, 1.807) is 0 Å². The monoisotopic (exact) mass is 402 g/mol. The van der Waals surface area contributed by atoms with Gasteiger partial charge in [0.15, 0.2) is 22.3 Å². The molecule has 6 nitrogen and oxygen atoms in total. The number of nitrogens with zero attached hydrogens (tertiary/aromatic N) is 1. The van der Waals surface area contributed by atoms with Crippen molar-refractivity contribution in [1.82, 2.24) is 4.98 Å². The fourth-order valence-electron chi connectivity index (χ4n) is 2.78. The highest BCUT2D eigenvalue weighted by atomic mass is 32.2. The molecule has 27 heavy (non-hydrogen) atoms. The highest BCUT2D eigenvalue weighted by molar-refractivity contribution is 7.98. The summed E-state index contributed by atoms with van der Waals surface area (Å²) in [6, 6.07) is 7.45. The largest absolute Gasteiger partial charge is 0.486 e. The summed E-state index contributed by atoms with van der Waals surface area (Å²) in [5.74, 6) is 2.62. The first-order valence-electron chi connectivity index (χ1n) is 8.38. The lowest BCUT2D eigenvalue weighted by molar-refractivity contribution is 0.102. The SMILES string of the molecule is CSc1cc2c(cc1NC(=O)c1sc(-c3ccc(C)o3)nc1C)OCCO2. The number of aromatic nitrogens is 1. The number of carbonyl (C=O) groups is 1.